The molecule has 0 unspecified atom stereocenters. The van der Waals surface area contributed by atoms with Crippen LogP contribution < -0.4 is 0 Å². The molecule has 2 rings (SSSR count). The summed E-state index contributed by atoms with van der Waals surface area (Å²) >= 11 is 3.36. The van der Waals surface area contributed by atoms with Gasteiger partial charge < -0.3 is 0 Å². The van der Waals surface area contributed by atoms with E-state index in [4.69, 9.17) is 0 Å². The van der Waals surface area contributed by atoms with Gasteiger partial charge in [0.25, 0.3) is 10.0 Å². The molecule has 0 radical (unpaired) electrons. The second-order valence-electron chi connectivity index (χ2n) is 3.74. The summed E-state index contributed by atoms with van der Waals surface area (Å²) in [6.07, 6.45) is 1.51. The normalized spacial score (nSPS) is 12.2. The predicted octanol–water partition coefficient (Wildman–Crippen LogP) is 2.25. The zero-order valence-electron chi connectivity index (χ0n) is 9.38. The number of pyridine rings is 1. The van der Waals surface area contributed by atoms with E-state index in [1.54, 1.807) is 12.1 Å². The van der Waals surface area contributed by atoms with Crippen LogP contribution in [0.5, 0.6) is 0 Å². The largest absolute Gasteiger partial charge is 0.260 e. The van der Waals surface area contributed by atoms with Crippen molar-refractivity contribution < 1.29 is 8.42 Å². The van der Waals surface area contributed by atoms with E-state index in [1.165, 1.54) is 20.3 Å². The van der Waals surface area contributed by atoms with Gasteiger partial charge in [-0.3, -0.25) is 0 Å². The molecule has 0 aliphatic carbocycles. The van der Waals surface area contributed by atoms with Gasteiger partial charge in [0.1, 0.15) is 0 Å². The van der Waals surface area contributed by atoms with E-state index in [0.717, 1.165) is 14.2 Å². The van der Waals surface area contributed by atoms with Gasteiger partial charge in [0.2, 0.25) is 0 Å². The van der Waals surface area contributed by atoms with Crippen LogP contribution in [0.4, 0.5) is 0 Å². The van der Waals surface area contributed by atoms with Gasteiger partial charge in [-0.05, 0) is 15.9 Å². The van der Waals surface area contributed by atoms with E-state index in [0.29, 0.717) is 5.39 Å². The molecule has 17 heavy (non-hydrogen) atoms. The Hall–Kier alpha value is -0.980. The monoisotopic (exact) mass is 314 g/mol. The Balaban J connectivity index is 2.86. The quantitative estimate of drug-likeness (QED) is 0.854. The molecule has 1 aromatic heterocycles. The fourth-order valence-corrected chi connectivity index (χ4v) is 2.95. The van der Waals surface area contributed by atoms with Crippen molar-refractivity contribution >= 4 is 36.7 Å². The van der Waals surface area contributed by atoms with Crippen LogP contribution >= 0.6 is 15.9 Å². The van der Waals surface area contributed by atoms with Gasteiger partial charge in [0, 0.05) is 35.5 Å². The lowest BCUT2D eigenvalue weighted by atomic mass is 10.2. The maximum absolute atomic E-state index is 12.1. The highest BCUT2D eigenvalue weighted by atomic mass is 79.9. The molecule has 0 fully saturated rings. The number of nitrogens with zero attached hydrogens (tertiary/aromatic N) is 2. The number of hydrogen-bond donors (Lipinski definition) is 0. The maximum Gasteiger partial charge on any atom is 0.260 e. The van der Waals surface area contributed by atoms with Crippen molar-refractivity contribution in [2.24, 2.45) is 0 Å². The van der Waals surface area contributed by atoms with E-state index in [2.05, 4.69) is 20.9 Å². The molecule has 6 heteroatoms. The number of fused-ring (bicyclic) bond motifs is 1. The lowest BCUT2D eigenvalue weighted by Crippen LogP contribution is -2.23. The molecule has 0 saturated heterocycles. The minimum atomic E-state index is -3.52. The van der Waals surface area contributed by atoms with Crippen molar-refractivity contribution in [2.75, 3.05) is 14.1 Å². The van der Waals surface area contributed by atoms with Crippen molar-refractivity contribution in [3.63, 3.8) is 0 Å². The van der Waals surface area contributed by atoms with Crippen LogP contribution in [0.15, 0.2) is 40.0 Å². The van der Waals surface area contributed by atoms with Gasteiger partial charge in [0.05, 0.1) is 0 Å². The minimum Gasteiger partial charge on any atom is -0.242 e. The van der Waals surface area contributed by atoms with Crippen LogP contribution in [0.25, 0.3) is 10.8 Å². The summed E-state index contributed by atoms with van der Waals surface area (Å²) in [5, 5.41) is 1.54. The fraction of sp³-hybridized carbons (Fsp3) is 0.182. The molecule has 0 saturated carbocycles. The Bertz CT molecular complexity index is 668. The third kappa shape index (κ3) is 2.08. The van der Waals surface area contributed by atoms with E-state index in [1.807, 2.05) is 12.1 Å². The topological polar surface area (TPSA) is 50.3 Å². The molecule has 0 bridgehead atoms. The van der Waals surface area contributed by atoms with Crippen molar-refractivity contribution in [1.82, 2.24) is 9.29 Å². The summed E-state index contributed by atoms with van der Waals surface area (Å²) in [5.41, 5.74) is 0. The molecule has 0 spiro atoms. The van der Waals surface area contributed by atoms with Gasteiger partial charge in [-0.25, -0.2) is 17.7 Å². The third-order valence-corrected chi connectivity index (χ3v) is 4.84. The second kappa shape index (κ2) is 4.36. The van der Waals surface area contributed by atoms with Gasteiger partial charge in [-0.15, -0.1) is 0 Å². The zero-order valence-corrected chi connectivity index (χ0v) is 11.8. The van der Waals surface area contributed by atoms with Gasteiger partial charge in [-0.1, -0.05) is 24.3 Å². The molecule has 0 N–H and O–H groups in total. The van der Waals surface area contributed by atoms with Crippen molar-refractivity contribution in [3.05, 3.63) is 34.9 Å². The molecule has 4 nitrogen and oxygen atoms in total. The van der Waals surface area contributed by atoms with Crippen LogP contribution in [-0.2, 0) is 10.0 Å². The Morgan fingerprint density at radius 3 is 2.35 bits per heavy atom. The Morgan fingerprint density at radius 1 is 1.18 bits per heavy atom. The third-order valence-electron chi connectivity index (χ3n) is 2.43. The van der Waals surface area contributed by atoms with E-state index in [-0.39, 0.29) is 5.03 Å². The first kappa shape index (κ1) is 12.5. The van der Waals surface area contributed by atoms with Gasteiger partial charge >= 0.3 is 0 Å². The number of hydrogen-bond acceptors (Lipinski definition) is 3. The molecular weight excluding hydrogens is 304 g/mol. The minimum absolute atomic E-state index is 0.0845. The average molecular weight is 315 g/mol. The highest BCUT2D eigenvalue weighted by Gasteiger charge is 2.22. The van der Waals surface area contributed by atoms with E-state index in [9.17, 15) is 8.42 Å². The summed E-state index contributed by atoms with van der Waals surface area (Å²) in [5.74, 6) is 0. The smallest absolute Gasteiger partial charge is 0.242 e. The molecule has 1 aromatic carbocycles. The predicted molar refractivity (Wildman–Crippen MR) is 70.3 cm³/mol. The SMILES string of the molecule is CN(C)S(=O)(=O)c1ncc(Br)c2ccccc12. The number of aromatic nitrogens is 1. The van der Waals surface area contributed by atoms with Crippen molar-refractivity contribution in [1.29, 1.82) is 0 Å². The van der Waals surface area contributed by atoms with Gasteiger partial charge in [0.15, 0.2) is 5.03 Å². The summed E-state index contributed by atoms with van der Waals surface area (Å²) in [6.45, 7) is 0. The van der Waals surface area contributed by atoms with Crippen molar-refractivity contribution in [3.8, 4) is 0 Å². The van der Waals surface area contributed by atoms with Crippen LogP contribution in [-0.4, -0.2) is 31.8 Å². The second-order valence-corrected chi connectivity index (χ2v) is 6.67. The first-order chi connectivity index (χ1) is 7.94. The fourth-order valence-electron chi connectivity index (χ4n) is 1.51. The first-order valence-electron chi connectivity index (χ1n) is 4.90. The molecule has 0 aliphatic heterocycles. The molecule has 0 atom stereocenters. The maximum atomic E-state index is 12.1. The molecule has 0 amide bonds. The van der Waals surface area contributed by atoms with Crippen LogP contribution in [0.2, 0.25) is 0 Å². The number of rotatable bonds is 2. The molecule has 90 valence electrons. The lowest BCUT2D eigenvalue weighted by Gasteiger charge is -2.12. The van der Waals surface area contributed by atoms with Crippen LogP contribution in [0, 0.1) is 0 Å². The van der Waals surface area contributed by atoms with E-state index >= 15 is 0 Å². The molecule has 1 heterocycles. The number of halogens is 1. The molecule has 2 aromatic rings. The number of benzene rings is 1. The summed E-state index contributed by atoms with van der Waals surface area (Å²) in [7, 11) is -0.531. The standard InChI is InChI=1S/C11H11BrN2O2S/c1-14(2)17(15,16)11-9-6-4-3-5-8(9)10(12)7-13-11/h3-7H,1-2H3. The molecule has 0 aliphatic rings. The number of sulfonamides is 1. The Morgan fingerprint density at radius 2 is 1.76 bits per heavy atom. The summed E-state index contributed by atoms with van der Waals surface area (Å²) < 4.78 is 26.2. The summed E-state index contributed by atoms with van der Waals surface area (Å²) in [6, 6.07) is 7.27. The highest BCUT2D eigenvalue weighted by molar-refractivity contribution is 9.10. The van der Waals surface area contributed by atoms with Crippen molar-refractivity contribution in [2.45, 2.75) is 5.03 Å². The summed E-state index contributed by atoms with van der Waals surface area (Å²) in [4.78, 5) is 4.02. The van der Waals surface area contributed by atoms with E-state index < -0.39 is 10.0 Å². The van der Waals surface area contributed by atoms with Crippen LogP contribution in [0.3, 0.4) is 0 Å². The van der Waals surface area contributed by atoms with Gasteiger partial charge in [-0.2, -0.15) is 0 Å². The highest BCUT2D eigenvalue weighted by Crippen LogP contribution is 2.28. The Labute approximate surface area is 108 Å². The average Bonchev–Trinajstić information content (AvgIpc) is 2.29. The lowest BCUT2D eigenvalue weighted by molar-refractivity contribution is 0.518. The molecular formula is C11H11BrN2O2S. The zero-order chi connectivity index (χ0) is 12.6. The van der Waals surface area contributed by atoms with Crippen LogP contribution in [0.1, 0.15) is 0 Å². The first-order valence-corrected chi connectivity index (χ1v) is 7.13. The Kier molecular flexibility index (Phi) is 3.20.